The van der Waals surface area contributed by atoms with Crippen molar-refractivity contribution in [1.29, 1.82) is 0 Å². The van der Waals surface area contributed by atoms with E-state index in [0.717, 1.165) is 25.7 Å². The van der Waals surface area contributed by atoms with Gasteiger partial charge in [0.05, 0.1) is 5.69 Å². The van der Waals surface area contributed by atoms with E-state index in [2.05, 4.69) is 15.3 Å². The zero-order chi connectivity index (χ0) is 13.5. The molecule has 1 aliphatic carbocycles. The number of aromatic nitrogens is 2. The average Bonchev–Trinajstić information content (AvgIpc) is 2.90. The van der Waals surface area contributed by atoms with Crippen LogP contribution >= 0.6 is 0 Å². The summed E-state index contributed by atoms with van der Waals surface area (Å²) in [7, 11) is 0. The van der Waals surface area contributed by atoms with Crippen molar-refractivity contribution in [2.45, 2.75) is 50.7 Å². The van der Waals surface area contributed by atoms with E-state index in [0.29, 0.717) is 31.0 Å². The molecule has 0 radical (unpaired) electrons. The van der Waals surface area contributed by atoms with Gasteiger partial charge < -0.3 is 5.32 Å². The van der Waals surface area contributed by atoms with Gasteiger partial charge in [0.2, 0.25) is 0 Å². The highest BCUT2D eigenvalue weighted by Gasteiger charge is 2.38. The van der Waals surface area contributed by atoms with Gasteiger partial charge in [0.15, 0.2) is 5.69 Å². The van der Waals surface area contributed by atoms with Crippen molar-refractivity contribution in [2.75, 3.05) is 6.54 Å². The Morgan fingerprint density at radius 2 is 1.84 bits per heavy atom. The molecule has 2 heterocycles. The molecule has 0 aromatic carbocycles. The van der Waals surface area contributed by atoms with Crippen molar-refractivity contribution >= 4 is 0 Å². The molecule has 1 aliphatic heterocycles. The maximum atomic E-state index is 13.1. The SMILES string of the molecule is FC(F)(F)c1nc(C2CCCC2)nc2c1CCNC2. The van der Waals surface area contributed by atoms with Crippen LogP contribution in [-0.4, -0.2) is 16.5 Å². The fraction of sp³-hybridized carbons (Fsp3) is 0.692. The second-order valence-electron chi connectivity index (χ2n) is 5.26. The first-order valence-electron chi connectivity index (χ1n) is 6.73. The average molecular weight is 271 g/mol. The van der Waals surface area contributed by atoms with E-state index in [1.165, 1.54) is 0 Å². The van der Waals surface area contributed by atoms with E-state index < -0.39 is 11.9 Å². The molecule has 0 spiro atoms. The molecule has 0 amide bonds. The van der Waals surface area contributed by atoms with Crippen LogP contribution in [0.5, 0.6) is 0 Å². The third-order valence-corrected chi connectivity index (χ3v) is 3.94. The summed E-state index contributed by atoms with van der Waals surface area (Å²) in [5, 5.41) is 3.08. The zero-order valence-corrected chi connectivity index (χ0v) is 10.6. The van der Waals surface area contributed by atoms with Crippen LogP contribution in [0.1, 0.15) is 54.4 Å². The highest BCUT2D eigenvalue weighted by molar-refractivity contribution is 5.31. The lowest BCUT2D eigenvalue weighted by Crippen LogP contribution is -2.29. The number of nitrogens with zero attached hydrogens (tertiary/aromatic N) is 2. The summed E-state index contributed by atoms with van der Waals surface area (Å²) in [6.07, 6.45) is -0.0880. The minimum atomic E-state index is -4.38. The summed E-state index contributed by atoms with van der Waals surface area (Å²) < 4.78 is 39.4. The van der Waals surface area contributed by atoms with Crippen LogP contribution in [0.2, 0.25) is 0 Å². The molecule has 0 unspecified atom stereocenters. The summed E-state index contributed by atoms with van der Waals surface area (Å²) in [6.45, 7) is 0.975. The van der Waals surface area contributed by atoms with Crippen LogP contribution in [0, 0.1) is 0 Å². The van der Waals surface area contributed by atoms with Crippen LogP contribution in [0.3, 0.4) is 0 Å². The van der Waals surface area contributed by atoms with Crippen LogP contribution in [0.4, 0.5) is 13.2 Å². The lowest BCUT2D eigenvalue weighted by Gasteiger charge is -2.22. The number of nitrogens with one attached hydrogen (secondary N) is 1. The van der Waals surface area contributed by atoms with E-state index in [4.69, 9.17) is 0 Å². The van der Waals surface area contributed by atoms with Crippen molar-refractivity contribution in [3.8, 4) is 0 Å². The number of halogens is 3. The normalized spacial score (nSPS) is 20.6. The second kappa shape index (κ2) is 4.74. The predicted molar refractivity (Wildman–Crippen MR) is 63.7 cm³/mol. The molecule has 2 aliphatic rings. The summed E-state index contributed by atoms with van der Waals surface area (Å²) in [6, 6.07) is 0. The van der Waals surface area contributed by atoms with Crippen LogP contribution in [0.25, 0.3) is 0 Å². The van der Waals surface area contributed by atoms with E-state index in [1.54, 1.807) is 0 Å². The first-order valence-corrected chi connectivity index (χ1v) is 6.73. The Morgan fingerprint density at radius 1 is 1.11 bits per heavy atom. The quantitative estimate of drug-likeness (QED) is 0.853. The van der Waals surface area contributed by atoms with Crippen molar-refractivity contribution in [3.63, 3.8) is 0 Å². The molecule has 1 fully saturated rings. The zero-order valence-electron chi connectivity index (χ0n) is 10.6. The van der Waals surface area contributed by atoms with Crippen molar-refractivity contribution < 1.29 is 13.2 Å². The van der Waals surface area contributed by atoms with E-state index in [-0.39, 0.29) is 11.5 Å². The van der Waals surface area contributed by atoms with Gasteiger partial charge in [-0.25, -0.2) is 9.97 Å². The Morgan fingerprint density at radius 3 is 2.53 bits per heavy atom. The summed E-state index contributed by atoms with van der Waals surface area (Å²) >= 11 is 0. The lowest BCUT2D eigenvalue weighted by atomic mass is 10.0. The summed E-state index contributed by atoms with van der Waals surface area (Å²) in [4.78, 5) is 8.27. The van der Waals surface area contributed by atoms with Gasteiger partial charge in [-0.1, -0.05) is 12.8 Å². The molecule has 3 rings (SSSR count). The molecule has 3 nitrogen and oxygen atoms in total. The van der Waals surface area contributed by atoms with Gasteiger partial charge in [-0.05, 0) is 25.8 Å². The number of fused-ring (bicyclic) bond motifs is 1. The molecule has 1 N–H and O–H groups in total. The van der Waals surface area contributed by atoms with Crippen molar-refractivity contribution in [1.82, 2.24) is 15.3 Å². The molecule has 19 heavy (non-hydrogen) atoms. The third kappa shape index (κ3) is 2.45. The maximum Gasteiger partial charge on any atom is 0.433 e. The van der Waals surface area contributed by atoms with Gasteiger partial charge in [-0.2, -0.15) is 13.2 Å². The number of alkyl halides is 3. The van der Waals surface area contributed by atoms with Crippen LogP contribution in [0.15, 0.2) is 0 Å². The Kier molecular flexibility index (Phi) is 3.20. The third-order valence-electron chi connectivity index (χ3n) is 3.94. The fourth-order valence-electron chi connectivity index (χ4n) is 2.98. The van der Waals surface area contributed by atoms with Crippen LogP contribution in [-0.2, 0) is 19.1 Å². The summed E-state index contributed by atoms with van der Waals surface area (Å²) in [5.74, 6) is 0.501. The molecule has 0 atom stereocenters. The Balaban J connectivity index is 2.07. The standard InChI is InChI=1S/C13H16F3N3/c14-13(15,16)11-9-5-6-17-7-10(9)18-12(19-11)8-3-1-2-4-8/h8,17H,1-7H2. The van der Waals surface area contributed by atoms with Gasteiger partial charge in [0.1, 0.15) is 5.82 Å². The maximum absolute atomic E-state index is 13.1. The van der Waals surface area contributed by atoms with Crippen molar-refractivity contribution in [3.05, 3.63) is 22.8 Å². The first kappa shape index (κ1) is 12.8. The van der Waals surface area contributed by atoms with Gasteiger partial charge >= 0.3 is 6.18 Å². The number of hydrogen-bond donors (Lipinski definition) is 1. The van der Waals surface area contributed by atoms with Gasteiger partial charge in [-0.15, -0.1) is 0 Å². The highest BCUT2D eigenvalue weighted by Crippen LogP contribution is 2.37. The smallest absolute Gasteiger partial charge is 0.311 e. The Bertz CT molecular complexity index is 479. The molecule has 1 saturated carbocycles. The molecule has 1 aromatic heterocycles. The molecule has 104 valence electrons. The molecular weight excluding hydrogens is 255 g/mol. The minimum Gasteiger partial charge on any atom is -0.311 e. The molecular formula is C13H16F3N3. The Labute approximate surface area is 109 Å². The lowest BCUT2D eigenvalue weighted by molar-refractivity contribution is -0.142. The molecule has 0 saturated heterocycles. The first-order chi connectivity index (χ1) is 9.05. The number of rotatable bonds is 1. The topological polar surface area (TPSA) is 37.8 Å². The van der Waals surface area contributed by atoms with E-state index >= 15 is 0 Å². The summed E-state index contributed by atoms with van der Waals surface area (Å²) in [5.41, 5.74) is 0.115. The van der Waals surface area contributed by atoms with E-state index in [1.807, 2.05) is 0 Å². The molecule has 0 bridgehead atoms. The molecule has 1 aromatic rings. The molecule has 6 heteroatoms. The monoisotopic (exact) mass is 271 g/mol. The predicted octanol–water partition coefficient (Wildman–Crippen LogP) is 2.80. The van der Waals surface area contributed by atoms with E-state index in [9.17, 15) is 13.2 Å². The number of hydrogen-bond acceptors (Lipinski definition) is 3. The highest BCUT2D eigenvalue weighted by atomic mass is 19.4. The minimum absolute atomic E-state index is 0.105. The van der Waals surface area contributed by atoms with Gasteiger partial charge in [0.25, 0.3) is 0 Å². The Hall–Kier alpha value is -1.17. The van der Waals surface area contributed by atoms with Gasteiger partial charge in [-0.3, -0.25) is 0 Å². The van der Waals surface area contributed by atoms with Gasteiger partial charge in [0, 0.05) is 18.0 Å². The van der Waals surface area contributed by atoms with Crippen LogP contribution < -0.4 is 5.32 Å². The van der Waals surface area contributed by atoms with Crippen molar-refractivity contribution in [2.24, 2.45) is 0 Å². The fourth-order valence-corrected chi connectivity index (χ4v) is 2.98. The largest absolute Gasteiger partial charge is 0.433 e. The second-order valence-corrected chi connectivity index (χ2v) is 5.26.